The molecule has 0 spiro atoms. The summed E-state index contributed by atoms with van der Waals surface area (Å²) in [5, 5.41) is 20.0. The first-order valence-corrected chi connectivity index (χ1v) is 6.09. The van der Waals surface area contributed by atoms with Gasteiger partial charge in [0.1, 0.15) is 0 Å². The number of pyridine rings is 1. The van der Waals surface area contributed by atoms with Crippen molar-refractivity contribution >= 4 is 18.4 Å². The number of aromatic nitrogens is 1. The fourth-order valence-corrected chi connectivity index (χ4v) is 1.28. The van der Waals surface area contributed by atoms with E-state index in [2.05, 4.69) is 4.98 Å². The van der Waals surface area contributed by atoms with Crippen molar-refractivity contribution in [3.05, 3.63) is 24.0 Å². The van der Waals surface area contributed by atoms with E-state index in [4.69, 9.17) is 4.65 Å². The summed E-state index contributed by atoms with van der Waals surface area (Å²) in [4.78, 5) is 15.2. The third-order valence-electron chi connectivity index (χ3n) is 3.33. The molecule has 0 aromatic carbocycles. The van der Waals surface area contributed by atoms with E-state index in [1.54, 1.807) is 27.7 Å². The quantitative estimate of drug-likeness (QED) is 0.600. The first-order chi connectivity index (χ1) is 8.54. The number of nitrogens with zero attached hydrogens (tertiary/aromatic N) is 1. The average Bonchev–Trinajstić information content (AvgIpc) is 2.27. The highest BCUT2D eigenvalue weighted by Gasteiger charge is 2.39. The van der Waals surface area contributed by atoms with Gasteiger partial charge in [-0.15, -0.1) is 0 Å². The number of rotatable bonds is 5. The van der Waals surface area contributed by atoms with Gasteiger partial charge in [-0.3, -0.25) is 9.78 Å². The summed E-state index contributed by atoms with van der Waals surface area (Å²) < 4.78 is 5.48. The van der Waals surface area contributed by atoms with Crippen LogP contribution in [0.25, 0.3) is 0 Å². The molecule has 1 heterocycles. The van der Waals surface area contributed by atoms with Crippen LogP contribution in [0.5, 0.6) is 0 Å². The number of Topliss-reactive ketones (excluding diaryl/α,β-unsaturated/α-hetero) is 1. The van der Waals surface area contributed by atoms with Gasteiger partial charge >= 0.3 is 7.12 Å². The Kier molecular flexibility index (Phi) is 4.50. The molecular weight excluding hydrogens is 245 g/mol. The Morgan fingerprint density at radius 2 is 1.89 bits per heavy atom. The zero-order valence-corrected chi connectivity index (χ0v) is 12.0. The number of aliphatic hydroxyl groups is 1. The van der Waals surface area contributed by atoms with Crippen LogP contribution in [0.1, 0.15) is 45.0 Å². The highest BCUT2D eigenvalue weighted by Crippen LogP contribution is 2.25. The molecule has 1 rings (SSSR count). The Labute approximate surface area is 113 Å². The highest BCUT2D eigenvalue weighted by atomic mass is 16.5. The Hall–Kier alpha value is -1.24. The minimum absolute atomic E-state index is 0.136. The summed E-state index contributed by atoms with van der Waals surface area (Å²) in [6.45, 7) is 7.99. The highest BCUT2D eigenvalue weighted by molar-refractivity contribution is 6.60. The van der Waals surface area contributed by atoms with Gasteiger partial charge in [-0.2, -0.15) is 0 Å². The molecule has 6 heteroatoms. The second-order valence-electron chi connectivity index (χ2n) is 5.60. The van der Waals surface area contributed by atoms with E-state index in [9.17, 15) is 14.9 Å². The van der Waals surface area contributed by atoms with Crippen LogP contribution in [-0.4, -0.2) is 39.2 Å². The Balaban J connectivity index is 2.93. The second-order valence-corrected chi connectivity index (χ2v) is 5.60. The molecule has 104 valence electrons. The van der Waals surface area contributed by atoms with E-state index in [1.165, 1.54) is 25.4 Å². The molecule has 0 aliphatic carbocycles. The molecule has 0 saturated heterocycles. The summed E-state index contributed by atoms with van der Waals surface area (Å²) in [6.07, 6.45) is 2.86. The van der Waals surface area contributed by atoms with Crippen LogP contribution < -0.4 is 5.46 Å². The van der Waals surface area contributed by atoms with Crippen molar-refractivity contribution in [1.29, 1.82) is 0 Å². The summed E-state index contributed by atoms with van der Waals surface area (Å²) in [5.74, 6) is -0.136. The monoisotopic (exact) mass is 265 g/mol. The molecule has 5 nitrogen and oxygen atoms in total. The molecule has 2 N–H and O–H groups in total. The lowest BCUT2D eigenvalue weighted by molar-refractivity contribution is -0.0982. The summed E-state index contributed by atoms with van der Waals surface area (Å²) >= 11 is 0. The predicted octanol–water partition coefficient (Wildman–Crippen LogP) is 0.538. The van der Waals surface area contributed by atoms with E-state index < -0.39 is 18.3 Å². The molecule has 1 aromatic heterocycles. The second kappa shape index (κ2) is 5.40. The lowest BCUT2D eigenvalue weighted by Crippen LogP contribution is -2.53. The van der Waals surface area contributed by atoms with E-state index in [0.29, 0.717) is 11.0 Å². The molecule has 0 amide bonds. The third-order valence-corrected chi connectivity index (χ3v) is 3.33. The van der Waals surface area contributed by atoms with Crippen molar-refractivity contribution < 1.29 is 19.6 Å². The molecule has 0 aliphatic heterocycles. The Morgan fingerprint density at radius 1 is 1.32 bits per heavy atom. The van der Waals surface area contributed by atoms with Crippen molar-refractivity contribution in [3.63, 3.8) is 0 Å². The van der Waals surface area contributed by atoms with Crippen LogP contribution in [0.4, 0.5) is 0 Å². The smallest absolute Gasteiger partial charge is 0.423 e. The standard InChI is InChI=1S/C13H20BNO4/c1-9(16)10-6-11(8-15-7-10)14(18)19-13(4,5)12(2,3)17/h6-8,17-18H,1-5H3. The molecular formula is C13H20BNO4. The molecule has 0 fully saturated rings. The predicted molar refractivity (Wildman–Crippen MR) is 73.3 cm³/mol. The van der Waals surface area contributed by atoms with Crippen LogP contribution in [0.3, 0.4) is 0 Å². The Bertz CT molecular complexity index is 468. The van der Waals surface area contributed by atoms with Crippen LogP contribution in [-0.2, 0) is 4.65 Å². The number of carbonyl (C=O) groups excluding carboxylic acids is 1. The number of hydrogen-bond acceptors (Lipinski definition) is 5. The summed E-state index contributed by atoms with van der Waals surface area (Å²) in [5.41, 5.74) is -1.30. The maximum Gasteiger partial charge on any atom is 0.493 e. The van der Waals surface area contributed by atoms with Crippen LogP contribution in [0.15, 0.2) is 18.5 Å². The third kappa shape index (κ3) is 3.86. The van der Waals surface area contributed by atoms with E-state index in [1.807, 2.05) is 0 Å². The lowest BCUT2D eigenvalue weighted by atomic mass is 9.77. The molecule has 0 bridgehead atoms. The molecule has 1 aromatic rings. The van der Waals surface area contributed by atoms with Gasteiger partial charge in [0, 0.05) is 23.4 Å². The Morgan fingerprint density at radius 3 is 2.37 bits per heavy atom. The fraction of sp³-hybridized carbons (Fsp3) is 0.538. The molecule has 0 unspecified atom stereocenters. The normalized spacial score (nSPS) is 12.4. The molecule has 0 saturated carbocycles. The zero-order valence-electron chi connectivity index (χ0n) is 12.0. The molecule has 0 radical (unpaired) electrons. The molecule has 0 atom stereocenters. The zero-order chi connectivity index (χ0) is 14.8. The minimum atomic E-state index is -1.26. The maximum absolute atomic E-state index is 11.3. The van der Waals surface area contributed by atoms with Gasteiger partial charge in [-0.25, -0.2) is 0 Å². The van der Waals surface area contributed by atoms with Crippen LogP contribution in [0.2, 0.25) is 0 Å². The maximum atomic E-state index is 11.3. The van der Waals surface area contributed by atoms with Gasteiger partial charge in [-0.05, 0) is 40.7 Å². The van der Waals surface area contributed by atoms with Gasteiger partial charge in [0.05, 0.1) is 11.2 Å². The van der Waals surface area contributed by atoms with E-state index in [0.717, 1.165) is 0 Å². The fourth-order valence-electron chi connectivity index (χ4n) is 1.28. The molecule has 0 aliphatic rings. The van der Waals surface area contributed by atoms with Crippen molar-refractivity contribution in [2.45, 2.75) is 45.8 Å². The summed E-state index contributed by atoms with van der Waals surface area (Å²) in [6, 6.07) is 1.53. The van der Waals surface area contributed by atoms with E-state index >= 15 is 0 Å². The number of ketones is 1. The topological polar surface area (TPSA) is 79.7 Å². The average molecular weight is 265 g/mol. The van der Waals surface area contributed by atoms with Crippen molar-refractivity contribution in [3.8, 4) is 0 Å². The van der Waals surface area contributed by atoms with Gasteiger partial charge in [0.2, 0.25) is 0 Å². The van der Waals surface area contributed by atoms with Crippen molar-refractivity contribution in [2.75, 3.05) is 0 Å². The van der Waals surface area contributed by atoms with Crippen LogP contribution >= 0.6 is 0 Å². The van der Waals surface area contributed by atoms with Gasteiger partial charge in [0.25, 0.3) is 0 Å². The minimum Gasteiger partial charge on any atom is -0.423 e. The first kappa shape index (κ1) is 15.8. The number of hydrogen-bond donors (Lipinski definition) is 2. The molecule has 19 heavy (non-hydrogen) atoms. The SMILES string of the molecule is CC(=O)c1cncc(B(O)OC(C)(C)C(C)(C)O)c1. The van der Waals surface area contributed by atoms with Crippen molar-refractivity contribution in [2.24, 2.45) is 0 Å². The van der Waals surface area contributed by atoms with Crippen molar-refractivity contribution in [1.82, 2.24) is 4.98 Å². The van der Waals surface area contributed by atoms with Gasteiger partial charge in [0.15, 0.2) is 5.78 Å². The lowest BCUT2D eigenvalue weighted by Gasteiger charge is -2.38. The van der Waals surface area contributed by atoms with Gasteiger partial charge in [-0.1, -0.05) is 0 Å². The van der Waals surface area contributed by atoms with Crippen LogP contribution in [0, 0.1) is 0 Å². The summed E-state index contributed by atoms with van der Waals surface area (Å²) in [7, 11) is -1.26. The number of carbonyl (C=O) groups is 1. The first-order valence-electron chi connectivity index (χ1n) is 6.09. The van der Waals surface area contributed by atoms with E-state index in [-0.39, 0.29) is 5.78 Å². The largest absolute Gasteiger partial charge is 0.493 e. The van der Waals surface area contributed by atoms with Gasteiger partial charge < -0.3 is 14.8 Å².